The molecule has 27 heavy (non-hydrogen) atoms. The number of rotatable bonds is 3. The molecule has 0 spiro atoms. The van der Waals surface area contributed by atoms with Gasteiger partial charge >= 0.3 is 5.69 Å². The normalized spacial score (nSPS) is 15.8. The number of aromatic nitrogens is 6. The van der Waals surface area contributed by atoms with Gasteiger partial charge in [-0.1, -0.05) is 0 Å². The lowest BCUT2D eigenvalue weighted by Gasteiger charge is -2.33. The lowest BCUT2D eigenvalue weighted by atomic mass is 9.96. The molecule has 4 aromatic rings. The van der Waals surface area contributed by atoms with Crippen molar-refractivity contribution in [2.24, 2.45) is 13.0 Å². The Morgan fingerprint density at radius 1 is 1.19 bits per heavy atom. The highest BCUT2D eigenvalue weighted by Crippen LogP contribution is 2.27. The maximum absolute atomic E-state index is 12.6. The molecule has 0 saturated carbocycles. The van der Waals surface area contributed by atoms with Gasteiger partial charge in [0.1, 0.15) is 17.8 Å². The summed E-state index contributed by atoms with van der Waals surface area (Å²) in [7, 11) is 1.81. The number of nitrogens with zero attached hydrogens (tertiary/aromatic N) is 6. The molecular weight excluding hydrogens is 342 g/mol. The third-order valence-electron chi connectivity index (χ3n) is 5.59. The molecule has 0 amide bonds. The number of hydrogen-bond donors (Lipinski definition) is 1. The Balaban J connectivity index is 1.35. The number of fused-ring (bicyclic) bond motifs is 2. The fraction of sp³-hybridized carbons (Fsp3) is 0.368. The van der Waals surface area contributed by atoms with Crippen molar-refractivity contribution in [3.8, 4) is 0 Å². The van der Waals surface area contributed by atoms with Crippen LogP contribution < -0.4 is 10.6 Å². The molecule has 8 nitrogen and oxygen atoms in total. The van der Waals surface area contributed by atoms with E-state index in [1.807, 2.05) is 36.0 Å². The van der Waals surface area contributed by atoms with Crippen LogP contribution in [0.3, 0.4) is 0 Å². The van der Waals surface area contributed by atoms with Gasteiger partial charge in [0.15, 0.2) is 5.65 Å². The monoisotopic (exact) mass is 363 g/mol. The van der Waals surface area contributed by atoms with E-state index in [-0.39, 0.29) is 5.69 Å². The Bertz CT molecular complexity index is 1160. The van der Waals surface area contributed by atoms with E-state index in [4.69, 9.17) is 0 Å². The summed E-state index contributed by atoms with van der Waals surface area (Å²) in [5.74, 6) is 1.44. The predicted octanol–water partition coefficient (Wildman–Crippen LogP) is 1.92. The Kier molecular flexibility index (Phi) is 3.70. The van der Waals surface area contributed by atoms with Gasteiger partial charge in [0.25, 0.3) is 0 Å². The van der Waals surface area contributed by atoms with Gasteiger partial charge in [0, 0.05) is 39.1 Å². The molecule has 4 aromatic heterocycles. The summed E-state index contributed by atoms with van der Waals surface area (Å²) in [6.07, 6.45) is 7.30. The van der Waals surface area contributed by atoms with E-state index in [2.05, 4.69) is 24.8 Å². The summed E-state index contributed by atoms with van der Waals surface area (Å²) in [6, 6.07) is 5.84. The van der Waals surface area contributed by atoms with Crippen molar-refractivity contribution in [2.45, 2.75) is 19.4 Å². The Hall–Kier alpha value is -3.16. The molecule has 1 N–H and O–H groups in total. The van der Waals surface area contributed by atoms with Crippen LogP contribution in [0.5, 0.6) is 0 Å². The van der Waals surface area contributed by atoms with Gasteiger partial charge in [-0.2, -0.15) is 0 Å². The minimum Gasteiger partial charge on any atom is -0.356 e. The molecular formula is C19H21N7O. The average molecular weight is 363 g/mol. The number of aryl methyl sites for hydroxylation is 1. The molecule has 138 valence electrons. The topological polar surface area (TPSA) is 84.6 Å². The SMILES string of the molecule is Cn1c(=O)n(CC2CCN(c3ncnc4[nH]ccc34)CC2)c2ncccc21. The molecule has 1 fully saturated rings. The number of imidazole rings is 1. The van der Waals surface area contributed by atoms with Crippen LogP contribution in [0.15, 0.2) is 41.7 Å². The first-order valence-electron chi connectivity index (χ1n) is 9.25. The third kappa shape index (κ3) is 2.59. The highest BCUT2D eigenvalue weighted by Gasteiger charge is 2.24. The molecule has 1 aliphatic heterocycles. The number of hydrogen-bond acceptors (Lipinski definition) is 5. The molecule has 0 radical (unpaired) electrons. The Morgan fingerprint density at radius 3 is 2.89 bits per heavy atom. The fourth-order valence-corrected chi connectivity index (χ4v) is 4.09. The summed E-state index contributed by atoms with van der Waals surface area (Å²) >= 11 is 0. The molecule has 0 bridgehead atoms. The second-order valence-electron chi connectivity index (χ2n) is 7.17. The summed E-state index contributed by atoms with van der Waals surface area (Å²) in [4.78, 5) is 31.3. The van der Waals surface area contributed by atoms with Crippen molar-refractivity contribution in [1.82, 2.24) is 29.1 Å². The van der Waals surface area contributed by atoms with E-state index >= 15 is 0 Å². The molecule has 0 aliphatic carbocycles. The smallest absolute Gasteiger partial charge is 0.330 e. The predicted molar refractivity (Wildman–Crippen MR) is 104 cm³/mol. The highest BCUT2D eigenvalue weighted by molar-refractivity contribution is 5.87. The summed E-state index contributed by atoms with van der Waals surface area (Å²) in [5, 5.41) is 1.06. The molecule has 8 heteroatoms. The van der Waals surface area contributed by atoms with Crippen LogP contribution in [0.1, 0.15) is 12.8 Å². The fourth-order valence-electron chi connectivity index (χ4n) is 4.09. The first-order chi connectivity index (χ1) is 13.2. The standard InChI is InChI=1S/C19H21N7O/c1-24-15-3-2-7-21-18(15)26(19(24)27)11-13-5-9-25(10-6-13)17-14-4-8-20-16(14)22-12-23-17/h2-4,7-8,12-13H,5-6,9-11H2,1H3,(H,20,22,23). The van der Waals surface area contributed by atoms with E-state index in [9.17, 15) is 4.79 Å². The van der Waals surface area contributed by atoms with Crippen LogP contribution in [-0.4, -0.2) is 42.2 Å². The molecule has 5 heterocycles. The van der Waals surface area contributed by atoms with Crippen LogP contribution in [-0.2, 0) is 13.6 Å². The Morgan fingerprint density at radius 2 is 2.04 bits per heavy atom. The van der Waals surface area contributed by atoms with E-state index < -0.39 is 0 Å². The van der Waals surface area contributed by atoms with Crippen LogP contribution in [0.4, 0.5) is 5.82 Å². The van der Waals surface area contributed by atoms with Crippen LogP contribution in [0, 0.1) is 5.92 Å². The number of H-pyrrole nitrogens is 1. The van der Waals surface area contributed by atoms with E-state index in [0.717, 1.165) is 53.9 Å². The van der Waals surface area contributed by atoms with Gasteiger partial charge in [0.05, 0.1) is 10.9 Å². The number of piperidine rings is 1. The zero-order valence-electron chi connectivity index (χ0n) is 15.2. The van der Waals surface area contributed by atoms with Crippen LogP contribution in [0.2, 0.25) is 0 Å². The molecule has 0 atom stereocenters. The number of anilines is 1. The maximum atomic E-state index is 12.6. The third-order valence-corrected chi connectivity index (χ3v) is 5.59. The van der Waals surface area contributed by atoms with Gasteiger partial charge < -0.3 is 9.88 Å². The second-order valence-corrected chi connectivity index (χ2v) is 7.17. The number of aromatic amines is 1. The van der Waals surface area contributed by atoms with Gasteiger partial charge in [0.2, 0.25) is 0 Å². The highest BCUT2D eigenvalue weighted by atomic mass is 16.1. The molecule has 1 aliphatic rings. The molecule has 5 rings (SSSR count). The zero-order valence-corrected chi connectivity index (χ0v) is 15.2. The molecule has 0 aromatic carbocycles. The summed E-state index contributed by atoms with van der Waals surface area (Å²) in [6.45, 7) is 2.56. The summed E-state index contributed by atoms with van der Waals surface area (Å²) < 4.78 is 3.51. The first-order valence-corrected chi connectivity index (χ1v) is 9.25. The van der Waals surface area contributed by atoms with Crippen molar-refractivity contribution in [1.29, 1.82) is 0 Å². The van der Waals surface area contributed by atoms with Crippen LogP contribution >= 0.6 is 0 Å². The van der Waals surface area contributed by atoms with Crippen molar-refractivity contribution >= 4 is 28.0 Å². The van der Waals surface area contributed by atoms with Gasteiger partial charge in [-0.25, -0.2) is 19.7 Å². The minimum absolute atomic E-state index is 0.0101. The second kappa shape index (κ2) is 6.22. The van der Waals surface area contributed by atoms with Gasteiger partial charge in [-0.3, -0.25) is 9.13 Å². The Labute approximate surface area is 155 Å². The average Bonchev–Trinajstić information content (AvgIpc) is 3.28. The van der Waals surface area contributed by atoms with Crippen molar-refractivity contribution < 1.29 is 0 Å². The van der Waals surface area contributed by atoms with Crippen molar-refractivity contribution in [3.05, 3.63) is 47.4 Å². The minimum atomic E-state index is 0.0101. The number of pyridine rings is 1. The summed E-state index contributed by atoms with van der Waals surface area (Å²) in [5.41, 5.74) is 2.54. The molecule has 0 unspecified atom stereocenters. The maximum Gasteiger partial charge on any atom is 0.330 e. The van der Waals surface area contributed by atoms with E-state index in [1.54, 1.807) is 17.1 Å². The van der Waals surface area contributed by atoms with Gasteiger partial charge in [-0.05, 0) is 37.0 Å². The lowest BCUT2D eigenvalue weighted by Crippen LogP contribution is -2.37. The van der Waals surface area contributed by atoms with E-state index in [0.29, 0.717) is 12.5 Å². The quantitative estimate of drug-likeness (QED) is 0.601. The van der Waals surface area contributed by atoms with Crippen molar-refractivity contribution in [2.75, 3.05) is 18.0 Å². The van der Waals surface area contributed by atoms with E-state index in [1.165, 1.54) is 0 Å². The number of nitrogens with one attached hydrogen (secondary N) is 1. The zero-order chi connectivity index (χ0) is 18.4. The van der Waals surface area contributed by atoms with Crippen LogP contribution in [0.25, 0.3) is 22.2 Å². The van der Waals surface area contributed by atoms with Crippen molar-refractivity contribution in [3.63, 3.8) is 0 Å². The first kappa shape index (κ1) is 16.0. The van der Waals surface area contributed by atoms with Gasteiger partial charge in [-0.15, -0.1) is 0 Å². The lowest BCUT2D eigenvalue weighted by molar-refractivity contribution is 0.354. The largest absolute Gasteiger partial charge is 0.356 e. The molecule has 1 saturated heterocycles.